The number of benzene rings is 2. The number of amides is 1. The van der Waals surface area contributed by atoms with E-state index in [-0.39, 0.29) is 37.6 Å². The van der Waals surface area contributed by atoms with Crippen molar-refractivity contribution in [2.75, 3.05) is 4.72 Å². The summed E-state index contributed by atoms with van der Waals surface area (Å²) in [6, 6.07) is 8.65. The molecule has 0 saturated heterocycles. The van der Waals surface area contributed by atoms with Gasteiger partial charge in [0.1, 0.15) is 5.75 Å². The van der Waals surface area contributed by atoms with E-state index in [9.17, 15) is 13.2 Å². The fraction of sp³-hybridized carbons (Fsp3) is 0.381. The van der Waals surface area contributed by atoms with Crippen LogP contribution in [0.4, 0.5) is 5.69 Å². The Morgan fingerprint density at radius 1 is 1.00 bits per heavy atom. The lowest BCUT2D eigenvalue weighted by Crippen LogP contribution is -2.43. The van der Waals surface area contributed by atoms with Crippen molar-refractivity contribution < 1.29 is 17.9 Å². The second-order valence-electron chi connectivity index (χ2n) is 7.43. The van der Waals surface area contributed by atoms with E-state index in [2.05, 4.69) is 10.0 Å². The van der Waals surface area contributed by atoms with E-state index in [1.807, 2.05) is 0 Å². The highest BCUT2D eigenvalue weighted by Gasteiger charge is 2.21. The third kappa shape index (κ3) is 6.42. The molecular formula is C21H23Cl3N2O4S. The molecule has 0 bridgehead atoms. The maximum Gasteiger partial charge on any atom is 0.261 e. The Bertz CT molecular complexity index is 1040. The first-order valence-corrected chi connectivity index (χ1v) is 12.5. The Morgan fingerprint density at radius 2 is 1.61 bits per heavy atom. The molecule has 0 spiro atoms. The summed E-state index contributed by atoms with van der Waals surface area (Å²) in [7, 11) is -3.92. The molecule has 0 radical (unpaired) electrons. The van der Waals surface area contributed by atoms with Gasteiger partial charge in [-0.1, -0.05) is 54.1 Å². The Labute approximate surface area is 197 Å². The maximum atomic E-state index is 12.7. The van der Waals surface area contributed by atoms with E-state index in [0.29, 0.717) is 5.75 Å². The number of carbonyl (C=O) groups is 1. The van der Waals surface area contributed by atoms with Gasteiger partial charge in [0.2, 0.25) is 0 Å². The summed E-state index contributed by atoms with van der Waals surface area (Å²) in [5.74, 6) is 0.206. The molecule has 6 nitrogen and oxygen atoms in total. The van der Waals surface area contributed by atoms with Crippen LogP contribution in [0.1, 0.15) is 39.0 Å². The first-order chi connectivity index (χ1) is 14.7. The summed E-state index contributed by atoms with van der Waals surface area (Å²) >= 11 is 17.9. The molecule has 1 amide bonds. The quantitative estimate of drug-likeness (QED) is 0.475. The molecule has 2 N–H and O–H groups in total. The van der Waals surface area contributed by atoms with Gasteiger partial charge >= 0.3 is 0 Å². The monoisotopic (exact) mass is 504 g/mol. The van der Waals surface area contributed by atoms with E-state index < -0.39 is 16.1 Å². The molecule has 0 unspecified atom stereocenters. The fourth-order valence-electron chi connectivity index (χ4n) is 3.32. The molecule has 3 rings (SSSR count). The van der Waals surface area contributed by atoms with Crippen LogP contribution in [0.2, 0.25) is 15.1 Å². The van der Waals surface area contributed by atoms with Crippen LogP contribution in [0.25, 0.3) is 0 Å². The number of rotatable bonds is 7. The predicted octanol–water partition coefficient (Wildman–Crippen LogP) is 5.66. The van der Waals surface area contributed by atoms with Crippen LogP contribution in [-0.2, 0) is 14.8 Å². The highest BCUT2D eigenvalue weighted by molar-refractivity contribution is 7.92. The van der Waals surface area contributed by atoms with Crippen LogP contribution in [0.3, 0.4) is 0 Å². The van der Waals surface area contributed by atoms with Gasteiger partial charge in [0.25, 0.3) is 15.9 Å². The van der Waals surface area contributed by atoms with E-state index in [1.54, 1.807) is 6.92 Å². The smallest absolute Gasteiger partial charge is 0.261 e. The molecule has 1 atom stereocenters. The molecule has 10 heteroatoms. The Kier molecular flexibility index (Phi) is 7.97. The minimum Gasteiger partial charge on any atom is -0.481 e. The average Bonchev–Trinajstić information content (AvgIpc) is 2.73. The fourth-order valence-corrected chi connectivity index (χ4v) is 5.05. The van der Waals surface area contributed by atoms with Crippen molar-refractivity contribution in [1.29, 1.82) is 0 Å². The number of sulfonamides is 1. The molecule has 1 aliphatic rings. The molecule has 2 aromatic carbocycles. The van der Waals surface area contributed by atoms with Crippen molar-refractivity contribution >= 4 is 56.4 Å². The van der Waals surface area contributed by atoms with Crippen LogP contribution in [0.15, 0.2) is 41.3 Å². The zero-order valence-electron chi connectivity index (χ0n) is 16.8. The van der Waals surface area contributed by atoms with Crippen LogP contribution < -0.4 is 14.8 Å². The Morgan fingerprint density at radius 3 is 2.26 bits per heavy atom. The molecular weight excluding hydrogens is 483 g/mol. The van der Waals surface area contributed by atoms with Gasteiger partial charge in [-0.05, 0) is 56.2 Å². The maximum absolute atomic E-state index is 12.7. The van der Waals surface area contributed by atoms with Crippen molar-refractivity contribution in [1.82, 2.24) is 5.32 Å². The summed E-state index contributed by atoms with van der Waals surface area (Å²) in [5, 5.41) is 3.53. The van der Waals surface area contributed by atoms with Gasteiger partial charge in [0, 0.05) is 6.04 Å². The second kappa shape index (κ2) is 10.3. The first kappa shape index (κ1) is 24.0. The second-order valence-corrected chi connectivity index (χ2v) is 10.3. The highest BCUT2D eigenvalue weighted by Crippen LogP contribution is 2.33. The minimum atomic E-state index is -3.92. The predicted molar refractivity (Wildman–Crippen MR) is 124 cm³/mol. The summed E-state index contributed by atoms with van der Waals surface area (Å²) < 4.78 is 33.4. The zero-order chi connectivity index (χ0) is 22.6. The Balaban J connectivity index is 1.63. The molecule has 1 aliphatic carbocycles. The summed E-state index contributed by atoms with van der Waals surface area (Å²) in [6.45, 7) is 1.66. The number of hydrogen-bond donors (Lipinski definition) is 2. The van der Waals surface area contributed by atoms with Crippen LogP contribution in [0.5, 0.6) is 5.75 Å². The lowest BCUT2D eigenvalue weighted by Gasteiger charge is -2.24. The molecule has 1 saturated carbocycles. The highest BCUT2D eigenvalue weighted by atomic mass is 35.5. The Hall–Kier alpha value is -1.67. The SMILES string of the molecule is C[C@@H](Oc1ccc(S(=O)(=O)Nc2cc(Cl)c(Cl)cc2Cl)cc1)C(=O)NC1CCCCC1. The van der Waals surface area contributed by atoms with Gasteiger partial charge in [0.15, 0.2) is 6.10 Å². The minimum absolute atomic E-state index is 0.00120. The first-order valence-electron chi connectivity index (χ1n) is 9.90. The molecule has 31 heavy (non-hydrogen) atoms. The third-order valence-corrected chi connectivity index (χ3v) is 7.44. The van der Waals surface area contributed by atoms with Crippen molar-refractivity contribution in [3.05, 3.63) is 51.5 Å². The lowest BCUT2D eigenvalue weighted by atomic mass is 9.95. The van der Waals surface area contributed by atoms with Crippen molar-refractivity contribution in [3.63, 3.8) is 0 Å². The standard InChI is InChI=1S/C21H23Cl3N2O4S/c1-13(21(27)25-14-5-3-2-4-6-14)30-15-7-9-16(10-8-15)31(28,29)26-20-12-18(23)17(22)11-19(20)24/h7-14,26H,2-6H2,1H3,(H,25,27)/t13-/m1/s1. The average molecular weight is 506 g/mol. The summed E-state index contributed by atoms with van der Waals surface area (Å²) in [6.07, 6.45) is 4.73. The van der Waals surface area contributed by atoms with Gasteiger partial charge in [-0.3, -0.25) is 9.52 Å². The van der Waals surface area contributed by atoms with Crippen LogP contribution in [-0.4, -0.2) is 26.5 Å². The third-order valence-electron chi connectivity index (χ3n) is 5.02. The van der Waals surface area contributed by atoms with Crippen LogP contribution >= 0.6 is 34.8 Å². The number of hydrogen-bond acceptors (Lipinski definition) is 4. The van der Waals surface area contributed by atoms with E-state index in [1.165, 1.54) is 42.8 Å². The van der Waals surface area contributed by atoms with Crippen LogP contribution in [0, 0.1) is 0 Å². The largest absolute Gasteiger partial charge is 0.481 e. The van der Waals surface area contributed by atoms with Crippen molar-refractivity contribution in [3.8, 4) is 5.75 Å². The molecule has 0 heterocycles. The molecule has 2 aromatic rings. The van der Waals surface area contributed by atoms with Gasteiger partial charge in [-0.2, -0.15) is 0 Å². The van der Waals surface area contributed by atoms with E-state index in [0.717, 1.165) is 25.7 Å². The normalized spacial score (nSPS) is 15.9. The number of ether oxygens (including phenoxy) is 1. The lowest BCUT2D eigenvalue weighted by molar-refractivity contribution is -0.128. The van der Waals surface area contributed by atoms with Crippen molar-refractivity contribution in [2.24, 2.45) is 0 Å². The molecule has 1 fully saturated rings. The number of anilines is 1. The van der Waals surface area contributed by atoms with Gasteiger partial charge in [-0.15, -0.1) is 0 Å². The zero-order valence-corrected chi connectivity index (χ0v) is 19.9. The van der Waals surface area contributed by atoms with Gasteiger partial charge in [-0.25, -0.2) is 8.42 Å². The molecule has 0 aromatic heterocycles. The van der Waals surface area contributed by atoms with Gasteiger partial charge in [0.05, 0.1) is 25.7 Å². The van der Waals surface area contributed by atoms with Crippen molar-refractivity contribution in [2.45, 2.75) is 56.1 Å². The molecule has 0 aliphatic heterocycles. The van der Waals surface area contributed by atoms with E-state index in [4.69, 9.17) is 39.5 Å². The summed E-state index contributed by atoms with van der Waals surface area (Å²) in [5.41, 5.74) is 0.115. The number of carbonyl (C=O) groups excluding carboxylic acids is 1. The van der Waals surface area contributed by atoms with E-state index >= 15 is 0 Å². The number of nitrogens with one attached hydrogen (secondary N) is 2. The summed E-state index contributed by atoms with van der Waals surface area (Å²) in [4.78, 5) is 12.4. The van der Waals surface area contributed by atoms with Gasteiger partial charge < -0.3 is 10.1 Å². The number of halogens is 3. The topological polar surface area (TPSA) is 84.5 Å². The molecule has 168 valence electrons.